The van der Waals surface area contributed by atoms with E-state index in [4.69, 9.17) is 0 Å². The lowest BCUT2D eigenvalue weighted by molar-refractivity contribution is 0.0758. The molecule has 0 bridgehead atoms. The molecule has 7 heteroatoms. The first-order valence-electron chi connectivity index (χ1n) is 7.43. The van der Waals surface area contributed by atoms with E-state index in [0.717, 1.165) is 17.1 Å². The fourth-order valence-corrected chi connectivity index (χ4v) is 2.90. The van der Waals surface area contributed by atoms with Crippen LogP contribution in [0.15, 0.2) is 12.1 Å². The van der Waals surface area contributed by atoms with Crippen molar-refractivity contribution >= 4 is 5.91 Å². The molecule has 22 heavy (non-hydrogen) atoms. The molecule has 0 aromatic carbocycles. The first-order valence-corrected chi connectivity index (χ1v) is 7.43. The van der Waals surface area contributed by atoms with E-state index in [2.05, 4.69) is 15.3 Å². The molecule has 3 heterocycles. The van der Waals surface area contributed by atoms with Gasteiger partial charge in [0.25, 0.3) is 5.91 Å². The molecule has 2 N–H and O–H groups in total. The molecule has 1 fully saturated rings. The van der Waals surface area contributed by atoms with E-state index in [1.807, 2.05) is 27.0 Å². The predicted octanol–water partition coefficient (Wildman–Crippen LogP) is 0.436. The minimum Gasteiger partial charge on any atom is -0.391 e. The molecule has 118 valence electrons. The van der Waals surface area contributed by atoms with Crippen LogP contribution in [0.25, 0.3) is 0 Å². The highest BCUT2D eigenvalue weighted by molar-refractivity contribution is 5.92. The number of aliphatic hydroxyl groups is 1. The second-order valence-corrected chi connectivity index (χ2v) is 6.08. The van der Waals surface area contributed by atoms with Crippen LogP contribution in [-0.4, -0.2) is 55.1 Å². The van der Waals surface area contributed by atoms with Crippen molar-refractivity contribution in [3.05, 3.63) is 34.9 Å². The van der Waals surface area contributed by atoms with Crippen LogP contribution in [0.1, 0.15) is 27.6 Å². The molecular weight excluding hydrogens is 282 g/mol. The van der Waals surface area contributed by atoms with Crippen LogP contribution in [0.4, 0.5) is 0 Å². The Balaban J connectivity index is 1.68. The number of hydrogen-bond acceptors (Lipinski definition) is 4. The first kappa shape index (κ1) is 14.8. The number of nitrogens with zero attached hydrogens (tertiary/aromatic N) is 4. The van der Waals surface area contributed by atoms with Gasteiger partial charge in [0.2, 0.25) is 0 Å². The fourth-order valence-electron chi connectivity index (χ4n) is 2.90. The maximum Gasteiger partial charge on any atom is 0.274 e. The Morgan fingerprint density at radius 3 is 2.77 bits per heavy atom. The van der Waals surface area contributed by atoms with E-state index in [9.17, 15) is 9.90 Å². The summed E-state index contributed by atoms with van der Waals surface area (Å²) < 4.78 is 1.68. The van der Waals surface area contributed by atoms with E-state index in [1.165, 1.54) is 0 Å². The van der Waals surface area contributed by atoms with E-state index in [1.54, 1.807) is 15.6 Å². The van der Waals surface area contributed by atoms with Crippen molar-refractivity contribution in [3.8, 4) is 0 Å². The van der Waals surface area contributed by atoms with E-state index < -0.39 is 6.10 Å². The first-order chi connectivity index (χ1) is 10.4. The number of aromatic nitrogens is 4. The Kier molecular flexibility index (Phi) is 3.74. The standard InChI is InChI=1S/C15H21N5O2/c1-9-4-12(17-16-9)6-11-7-20(8-14(11)21)15(22)13-5-10(2)19(3)18-13/h4-5,11,14,21H,6-8H2,1-3H3,(H,16,17)/t11-,14-/m1/s1. The number of aromatic amines is 1. The summed E-state index contributed by atoms with van der Waals surface area (Å²) in [5.74, 6) is -0.111. The third-order valence-electron chi connectivity index (χ3n) is 4.26. The van der Waals surface area contributed by atoms with Crippen LogP contribution in [0.5, 0.6) is 0 Å². The van der Waals surface area contributed by atoms with Gasteiger partial charge in [-0.25, -0.2) is 0 Å². The number of carbonyl (C=O) groups is 1. The molecule has 0 radical (unpaired) electrons. The van der Waals surface area contributed by atoms with E-state index >= 15 is 0 Å². The molecule has 0 aliphatic carbocycles. The van der Waals surface area contributed by atoms with Crippen LogP contribution in [0, 0.1) is 19.8 Å². The van der Waals surface area contributed by atoms with Gasteiger partial charge in [-0.2, -0.15) is 10.2 Å². The van der Waals surface area contributed by atoms with Gasteiger partial charge in [-0.3, -0.25) is 14.6 Å². The summed E-state index contributed by atoms with van der Waals surface area (Å²) in [6, 6.07) is 3.75. The molecule has 3 rings (SSSR count). The van der Waals surface area contributed by atoms with Gasteiger partial charge >= 0.3 is 0 Å². The van der Waals surface area contributed by atoms with Crippen LogP contribution >= 0.6 is 0 Å². The number of rotatable bonds is 3. The van der Waals surface area contributed by atoms with Crippen molar-refractivity contribution in [1.29, 1.82) is 0 Å². The molecule has 2 aromatic heterocycles. The zero-order valence-electron chi connectivity index (χ0n) is 13.1. The lowest BCUT2D eigenvalue weighted by Gasteiger charge is -2.14. The zero-order valence-corrected chi connectivity index (χ0v) is 13.1. The summed E-state index contributed by atoms with van der Waals surface area (Å²) in [6.07, 6.45) is 0.141. The molecule has 0 unspecified atom stereocenters. The zero-order chi connectivity index (χ0) is 15.9. The Hall–Kier alpha value is -2.15. The lowest BCUT2D eigenvalue weighted by atomic mass is 10.0. The molecule has 1 aliphatic rings. The topological polar surface area (TPSA) is 87.0 Å². The molecule has 1 aliphatic heterocycles. The van der Waals surface area contributed by atoms with Gasteiger partial charge in [0.1, 0.15) is 0 Å². The largest absolute Gasteiger partial charge is 0.391 e. The summed E-state index contributed by atoms with van der Waals surface area (Å²) in [5, 5.41) is 21.5. The van der Waals surface area contributed by atoms with Gasteiger partial charge in [-0.1, -0.05) is 0 Å². The molecule has 0 saturated carbocycles. The SMILES string of the molecule is Cc1cc(C[C@@H]2CN(C(=O)c3cc(C)n(C)n3)C[C@H]2O)n[nH]1. The van der Waals surface area contributed by atoms with E-state index in [-0.39, 0.29) is 11.8 Å². The monoisotopic (exact) mass is 303 g/mol. The Labute approximate surface area is 128 Å². The summed E-state index contributed by atoms with van der Waals surface area (Å²) in [6.45, 7) is 4.73. The van der Waals surface area contributed by atoms with Gasteiger partial charge in [0.05, 0.1) is 11.8 Å². The molecule has 7 nitrogen and oxygen atoms in total. The van der Waals surface area contributed by atoms with Gasteiger partial charge in [0.15, 0.2) is 5.69 Å². The quantitative estimate of drug-likeness (QED) is 0.861. The van der Waals surface area contributed by atoms with Crippen molar-refractivity contribution in [2.75, 3.05) is 13.1 Å². The van der Waals surface area contributed by atoms with Crippen molar-refractivity contribution in [1.82, 2.24) is 24.9 Å². The third-order valence-corrected chi connectivity index (χ3v) is 4.26. The Morgan fingerprint density at radius 1 is 1.41 bits per heavy atom. The number of nitrogens with one attached hydrogen (secondary N) is 1. The number of aryl methyl sites for hydroxylation is 3. The minimum atomic E-state index is -0.522. The van der Waals surface area contributed by atoms with Gasteiger partial charge in [0, 0.05) is 37.4 Å². The minimum absolute atomic E-state index is 0.0106. The Morgan fingerprint density at radius 2 is 2.18 bits per heavy atom. The lowest BCUT2D eigenvalue weighted by Crippen LogP contribution is -2.30. The van der Waals surface area contributed by atoms with Crippen LogP contribution < -0.4 is 0 Å². The number of amides is 1. The van der Waals surface area contributed by atoms with Gasteiger partial charge in [-0.15, -0.1) is 0 Å². The van der Waals surface area contributed by atoms with Gasteiger partial charge < -0.3 is 10.0 Å². The maximum atomic E-state index is 12.5. The number of H-pyrrole nitrogens is 1. The number of aliphatic hydroxyl groups excluding tert-OH is 1. The average Bonchev–Trinajstić information content (AvgIpc) is 3.12. The molecule has 2 aromatic rings. The van der Waals surface area contributed by atoms with Crippen molar-refractivity contribution < 1.29 is 9.90 Å². The number of β-amino-alcohol motifs (C(OH)–C–C–N with tert-alkyl or cyclic N) is 1. The summed E-state index contributed by atoms with van der Waals surface area (Å²) in [4.78, 5) is 14.2. The number of carbonyl (C=O) groups excluding carboxylic acids is 1. The highest BCUT2D eigenvalue weighted by atomic mass is 16.3. The van der Waals surface area contributed by atoms with Crippen LogP contribution in [0.2, 0.25) is 0 Å². The second kappa shape index (κ2) is 5.57. The van der Waals surface area contributed by atoms with Crippen molar-refractivity contribution in [3.63, 3.8) is 0 Å². The highest BCUT2D eigenvalue weighted by Gasteiger charge is 2.35. The molecule has 1 saturated heterocycles. The molecule has 2 atom stereocenters. The predicted molar refractivity (Wildman–Crippen MR) is 80.4 cm³/mol. The maximum absolute atomic E-state index is 12.5. The summed E-state index contributed by atoms with van der Waals surface area (Å²) in [7, 11) is 1.81. The number of likely N-dealkylation sites (tertiary alicyclic amines) is 1. The Bertz CT molecular complexity index is 670. The van der Waals surface area contributed by atoms with Crippen LogP contribution in [-0.2, 0) is 13.5 Å². The smallest absolute Gasteiger partial charge is 0.274 e. The third kappa shape index (κ3) is 2.76. The van der Waals surface area contributed by atoms with Gasteiger partial charge in [-0.05, 0) is 32.4 Å². The second-order valence-electron chi connectivity index (χ2n) is 6.08. The highest BCUT2D eigenvalue weighted by Crippen LogP contribution is 2.22. The molecular formula is C15H21N5O2. The number of hydrogen-bond donors (Lipinski definition) is 2. The molecule has 0 spiro atoms. The van der Waals surface area contributed by atoms with Crippen LogP contribution in [0.3, 0.4) is 0 Å². The normalized spacial score (nSPS) is 21.5. The van der Waals surface area contributed by atoms with Crippen molar-refractivity contribution in [2.45, 2.75) is 26.4 Å². The summed E-state index contributed by atoms with van der Waals surface area (Å²) >= 11 is 0. The van der Waals surface area contributed by atoms with E-state index in [0.29, 0.717) is 25.2 Å². The molecule has 1 amide bonds. The average molecular weight is 303 g/mol. The van der Waals surface area contributed by atoms with Crippen molar-refractivity contribution in [2.24, 2.45) is 13.0 Å². The summed E-state index contributed by atoms with van der Waals surface area (Å²) in [5.41, 5.74) is 3.29. The fraction of sp³-hybridized carbons (Fsp3) is 0.533.